The number of carbonyl (C=O) groups is 1. The number of amides is 2. The first kappa shape index (κ1) is 17.5. The second-order valence-electron chi connectivity index (χ2n) is 5.01. The van der Waals surface area contributed by atoms with Gasteiger partial charge in [-0.2, -0.15) is 13.2 Å². The van der Waals surface area contributed by atoms with Crippen LogP contribution in [0, 0.1) is 17.0 Å². The van der Waals surface area contributed by atoms with Crippen LogP contribution in [0.1, 0.15) is 12.0 Å². The van der Waals surface area contributed by atoms with Gasteiger partial charge in [0.15, 0.2) is 11.8 Å². The third-order valence-corrected chi connectivity index (χ3v) is 3.30. The molecule has 1 aliphatic rings. The molecule has 2 amide bonds. The third-order valence-electron chi connectivity index (χ3n) is 3.30. The maximum absolute atomic E-state index is 12.4. The van der Waals surface area contributed by atoms with Crippen molar-refractivity contribution in [3.05, 3.63) is 33.9 Å². The van der Waals surface area contributed by atoms with E-state index in [-0.39, 0.29) is 23.5 Å². The van der Waals surface area contributed by atoms with Gasteiger partial charge in [0.2, 0.25) is 0 Å². The number of halogens is 3. The van der Waals surface area contributed by atoms with Gasteiger partial charge in [-0.15, -0.1) is 0 Å². The van der Waals surface area contributed by atoms with Crippen LogP contribution in [0.2, 0.25) is 0 Å². The fraction of sp³-hybridized carbons (Fsp3) is 0.385. The molecule has 11 heteroatoms. The number of benzene rings is 1. The molecule has 0 radical (unpaired) electrons. The molecule has 0 aromatic heterocycles. The van der Waals surface area contributed by atoms with Crippen LogP contribution in [0.25, 0.3) is 0 Å². The average molecular weight is 346 g/mol. The Labute approximate surface area is 133 Å². The second-order valence-corrected chi connectivity index (χ2v) is 5.01. The van der Waals surface area contributed by atoms with E-state index >= 15 is 0 Å². The monoisotopic (exact) mass is 346 g/mol. The number of nitro benzene ring substituents is 1. The fourth-order valence-corrected chi connectivity index (χ4v) is 2.03. The Morgan fingerprint density at radius 2 is 2.21 bits per heavy atom. The zero-order valence-corrected chi connectivity index (χ0v) is 12.4. The highest BCUT2D eigenvalue weighted by molar-refractivity contribution is 5.92. The maximum Gasteiger partial charge on any atom is 0.432 e. The topological polar surface area (TPSA) is 106 Å². The van der Waals surface area contributed by atoms with Crippen LogP contribution in [0.5, 0.6) is 0 Å². The number of nitrogens with zero attached hydrogens (tertiary/aromatic N) is 2. The maximum atomic E-state index is 12.4. The smallest absolute Gasteiger partial charge is 0.390 e. The molecule has 1 aromatic rings. The summed E-state index contributed by atoms with van der Waals surface area (Å²) in [5.74, 6) is 0. The lowest BCUT2D eigenvalue weighted by Gasteiger charge is -2.12. The first-order valence-corrected chi connectivity index (χ1v) is 6.77. The predicted octanol–water partition coefficient (Wildman–Crippen LogP) is 2.73. The molecule has 0 saturated heterocycles. The Balaban J connectivity index is 1.87. The lowest BCUT2D eigenvalue weighted by Crippen LogP contribution is -2.36. The Bertz CT molecular complexity index is 690. The minimum Gasteiger partial charge on any atom is -0.390 e. The van der Waals surface area contributed by atoms with E-state index in [0.717, 1.165) is 0 Å². The van der Waals surface area contributed by atoms with Crippen molar-refractivity contribution in [2.45, 2.75) is 25.6 Å². The van der Waals surface area contributed by atoms with Gasteiger partial charge in [0.1, 0.15) is 0 Å². The van der Waals surface area contributed by atoms with Gasteiger partial charge in [-0.05, 0) is 13.0 Å². The van der Waals surface area contributed by atoms with Crippen molar-refractivity contribution >= 4 is 23.1 Å². The SMILES string of the molecule is Cc1c(NC(=O)NC[C@@H]2CC(C(F)(F)F)=NO2)cccc1[N+](=O)[O-]. The number of hydrogen-bond acceptors (Lipinski definition) is 5. The number of nitrogens with one attached hydrogen (secondary N) is 2. The van der Waals surface area contributed by atoms with E-state index in [4.69, 9.17) is 0 Å². The zero-order valence-electron chi connectivity index (χ0n) is 12.4. The lowest BCUT2D eigenvalue weighted by atomic mass is 10.1. The van der Waals surface area contributed by atoms with Gasteiger partial charge in [0.25, 0.3) is 5.69 Å². The van der Waals surface area contributed by atoms with E-state index in [1.807, 2.05) is 0 Å². The molecule has 1 aromatic carbocycles. The van der Waals surface area contributed by atoms with Gasteiger partial charge >= 0.3 is 12.2 Å². The number of rotatable bonds is 4. The largest absolute Gasteiger partial charge is 0.432 e. The van der Waals surface area contributed by atoms with E-state index in [1.54, 1.807) is 0 Å². The summed E-state index contributed by atoms with van der Waals surface area (Å²) in [6.45, 7) is 1.28. The predicted molar refractivity (Wildman–Crippen MR) is 77.8 cm³/mol. The molecule has 0 aliphatic carbocycles. The van der Waals surface area contributed by atoms with Crippen LogP contribution in [-0.2, 0) is 4.84 Å². The van der Waals surface area contributed by atoms with Gasteiger partial charge in [-0.25, -0.2) is 4.79 Å². The number of hydrogen-bond donors (Lipinski definition) is 2. The normalized spacial score (nSPS) is 17.0. The quantitative estimate of drug-likeness (QED) is 0.646. The summed E-state index contributed by atoms with van der Waals surface area (Å²) >= 11 is 0. The molecule has 0 spiro atoms. The molecule has 130 valence electrons. The van der Waals surface area contributed by atoms with Gasteiger partial charge in [-0.3, -0.25) is 10.1 Å². The van der Waals surface area contributed by atoms with Gasteiger partial charge in [0.05, 0.1) is 22.7 Å². The van der Waals surface area contributed by atoms with E-state index in [9.17, 15) is 28.1 Å². The minimum atomic E-state index is -4.56. The number of carbonyl (C=O) groups excluding carboxylic acids is 1. The molecule has 24 heavy (non-hydrogen) atoms. The molecular weight excluding hydrogens is 333 g/mol. The molecule has 1 atom stereocenters. The Morgan fingerprint density at radius 3 is 2.79 bits per heavy atom. The third kappa shape index (κ3) is 4.12. The molecule has 2 rings (SSSR count). The molecule has 1 heterocycles. The van der Waals surface area contributed by atoms with Crippen LogP contribution in [0.3, 0.4) is 0 Å². The van der Waals surface area contributed by atoms with Crippen molar-refractivity contribution in [3.63, 3.8) is 0 Å². The number of oxime groups is 1. The van der Waals surface area contributed by atoms with Crippen LogP contribution in [0.15, 0.2) is 23.4 Å². The van der Waals surface area contributed by atoms with Crippen molar-refractivity contribution in [3.8, 4) is 0 Å². The average Bonchev–Trinajstić information content (AvgIpc) is 2.96. The first-order chi connectivity index (χ1) is 11.2. The number of urea groups is 1. The summed E-state index contributed by atoms with van der Waals surface area (Å²) in [5.41, 5.74) is -0.710. The van der Waals surface area contributed by atoms with Gasteiger partial charge < -0.3 is 15.5 Å². The highest BCUT2D eigenvalue weighted by atomic mass is 19.4. The molecule has 0 bridgehead atoms. The second kappa shape index (κ2) is 6.72. The van der Waals surface area contributed by atoms with Crippen molar-refractivity contribution in [2.24, 2.45) is 5.16 Å². The van der Waals surface area contributed by atoms with E-state index in [2.05, 4.69) is 20.6 Å². The standard InChI is InChI=1S/C13H13F3N4O4/c1-7-9(3-2-4-10(7)20(22)23)18-12(21)17-6-8-5-11(19-24-8)13(14,15)16/h2-4,8H,5-6H2,1H3,(H2,17,18,21)/t8-/m0/s1. The van der Waals surface area contributed by atoms with Crippen LogP contribution in [0.4, 0.5) is 29.3 Å². The summed E-state index contributed by atoms with van der Waals surface area (Å²) in [5, 5.41) is 18.5. The van der Waals surface area contributed by atoms with E-state index in [0.29, 0.717) is 0 Å². The molecule has 0 unspecified atom stereocenters. The van der Waals surface area contributed by atoms with Crippen LogP contribution >= 0.6 is 0 Å². The van der Waals surface area contributed by atoms with Crippen molar-refractivity contribution in [1.29, 1.82) is 0 Å². The number of alkyl halides is 3. The Morgan fingerprint density at radius 1 is 1.50 bits per heavy atom. The Kier molecular flexibility index (Phi) is 4.90. The number of nitro groups is 1. The van der Waals surface area contributed by atoms with E-state index in [1.165, 1.54) is 25.1 Å². The summed E-state index contributed by atoms with van der Waals surface area (Å²) in [4.78, 5) is 26.6. The highest BCUT2D eigenvalue weighted by Gasteiger charge is 2.41. The molecule has 1 aliphatic heterocycles. The Hall–Kier alpha value is -2.85. The minimum absolute atomic E-state index is 0.157. The fourth-order valence-electron chi connectivity index (χ4n) is 2.03. The van der Waals surface area contributed by atoms with Crippen LogP contribution in [-0.4, -0.2) is 35.5 Å². The van der Waals surface area contributed by atoms with Gasteiger partial charge in [0, 0.05) is 12.5 Å². The summed E-state index contributed by atoms with van der Waals surface area (Å²) in [6, 6.07) is 3.45. The molecular formula is C13H13F3N4O4. The molecule has 2 N–H and O–H groups in total. The number of anilines is 1. The van der Waals surface area contributed by atoms with Gasteiger partial charge in [-0.1, -0.05) is 11.2 Å². The summed E-state index contributed by atoms with van der Waals surface area (Å²) < 4.78 is 37.2. The lowest BCUT2D eigenvalue weighted by molar-refractivity contribution is -0.385. The first-order valence-electron chi connectivity index (χ1n) is 6.77. The van der Waals surface area contributed by atoms with Crippen LogP contribution < -0.4 is 10.6 Å². The van der Waals surface area contributed by atoms with Crippen molar-refractivity contribution in [2.75, 3.05) is 11.9 Å². The summed E-state index contributed by atoms with van der Waals surface area (Å²) in [6.07, 6.45) is -5.94. The molecule has 8 nitrogen and oxygen atoms in total. The highest BCUT2D eigenvalue weighted by Crippen LogP contribution is 2.26. The zero-order chi connectivity index (χ0) is 17.9. The molecule has 0 saturated carbocycles. The van der Waals surface area contributed by atoms with E-state index < -0.39 is 35.4 Å². The van der Waals surface area contributed by atoms with Crippen molar-refractivity contribution < 1.29 is 27.7 Å². The molecule has 0 fully saturated rings. The van der Waals surface area contributed by atoms with Crippen molar-refractivity contribution in [1.82, 2.24) is 5.32 Å². The summed E-state index contributed by atoms with van der Waals surface area (Å²) in [7, 11) is 0.